The number of nitrogens with one attached hydrogen (secondary N) is 1. The first-order valence-electron chi connectivity index (χ1n) is 8.17. The number of carbonyl (C=O) groups is 2. The number of hydrogen-bond donors (Lipinski definition) is 1. The van der Waals surface area contributed by atoms with Crippen LogP contribution in [0.25, 0.3) is 10.8 Å². The van der Waals surface area contributed by atoms with Crippen molar-refractivity contribution in [2.24, 2.45) is 0 Å². The van der Waals surface area contributed by atoms with Gasteiger partial charge in [0.1, 0.15) is 18.1 Å². The Morgan fingerprint density at radius 3 is 2.74 bits per heavy atom. The van der Waals surface area contributed by atoms with Gasteiger partial charge in [-0.05, 0) is 31.2 Å². The number of ketones is 1. The van der Waals surface area contributed by atoms with E-state index in [1.165, 1.54) is 6.92 Å². The van der Waals surface area contributed by atoms with Crippen LogP contribution in [-0.4, -0.2) is 16.7 Å². The number of aromatic nitrogens is 1. The normalized spacial score (nSPS) is 10.6. The molecular formula is C20H16Cl2N2O3. The zero-order valence-electron chi connectivity index (χ0n) is 14.5. The highest BCUT2D eigenvalue weighted by Crippen LogP contribution is 2.34. The molecule has 138 valence electrons. The maximum atomic E-state index is 11.8. The molecule has 1 N–H and O–H groups in total. The number of anilines is 1. The van der Waals surface area contributed by atoms with Gasteiger partial charge >= 0.3 is 0 Å². The summed E-state index contributed by atoms with van der Waals surface area (Å²) in [7, 11) is 0. The van der Waals surface area contributed by atoms with Gasteiger partial charge in [0.25, 0.3) is 0 Å². The highest BCUT2D eigenvalue weighted by molar-refractivity contribution is 6.38. The molecule has 0 fully saturated rings. The maximum Gasteiger partial charge on any atom is 0.231 e. The van der Waals surface area contributed by atoms with Crippen LogP contribution in [0.3, 0.4) is 0 Å². The van der Waals surface area contributed by atoms with Crippen molar-refractivity contribution in [2.45, 2.75) is 20.0 Å². The number of hydrogen-bond acceptors (Lipinski definition) is 4. The van der Waals surface area contributed by atoms with Gasteiger partial charge in [-0.15, -0.1) is 0 Å². The third kappa shape index (κ3) is 4.56. The van der Waals surface area contributed by atoms with Crippen LogP contribution in [0.1, 0.15) is 18.9 Å². The molecule has 0 radical (unpaired) electrons. The maximum absolute atomic E-state index is 11.8. The smallest absolute Gasteiger partial charge is 0.231 e. The molecule has 1 aromatic heterocycles. The summed E-state index contributed by atoms with van der Waals surface area (Å²) in [6, 6.07) is 10.8. The summed E-state index contributed by atoms with van der Waals surface area (Å²) in [5.74, 6) is 0.0137. The minimum absolute atomic E-state index is 0.121. The van der Waals surface area contributed by atoms with E-state index in [-0.39, 0.29) is 23.8 Å². The van der Waals surface area contributed by atoms with Gasteiger partial charge in [-0.3, -0.25) is 14.6 Å². The van der Waals surface area contributed by atoms with E-state index < -0.39 is 5.91 Å². The topological polar surface area (TPSA) is 68.3 Å². The SMILES string of the molecule is CC(=O)CC(=O)Nc1ccc(Cl)c(COc2cccc3cnccc23)c1Cl. The Hall–Kier alpha value is -2.63. The van der Waals surface area contributed by atoms with E-state index >= 15 is 0 Å². The molecule has 0 atom stereocenters. The van der Waals surface area contributed by atoms with E-state index in [4.69, 9.17) is 27.9 Å². The standard InChI is InChI=1S/C20H16Cl2N2O3/c1-12(25)9-19(26)24-17-6-5-16(21)15(20(17)22)11-27-18-4-2-3-13-10-23-8-7-14(13)18/h2-8,10H,9,11H2,1H3,(H,24,26). The monoisotopic (exact) mass is 402 g/mol. The van der Waals surface area contributed by atoms with Crippen molar-refractivity contribution in [3.8, 4) is 5.75 Å². The summed E-state index contributed by atoms with van der Waals surface area (Å²) >= 11 is 12.7. The van der Waals surface area contributed by atoms with Gasteiger partial charge in [-0.25, -0.2) is 0 Å². The Kier molecular flexibility index (Phi) is 5.94. The Morgan fingerprint density at radius 2 is 1.96 bits per heavy atom. The van der Waals surface area contributed by atoms with E-state index in [1.54, 1.807) is 24.5 Å². The number of benzene rings is 2. The zero-order valence-corrected chi connectivity index (χ0v) is 16.0. The summed E-state index contributed by atoms with van der Waals surface area (Å²) < 4.78 is 5.93. The fraction of sp³-hybridized carbons (Fsp3) is 0.150. The predicted molar refractivity (Wildman–Crippen MR) is 106 cm³/mol. The number of ether oxygens (including phenoxy) is 1. The summed E-state index contributed by atoms with van der Waals surface area (Å²) in [6.45, 7) is 1.47. The Bertz CT molecular complexity index is 1020. The van der Waals surface area contributed by atoms with Crippen LogP contribution in [0.4, 0.5) is 5.69 Å². The predicted octanol–water partition coefficient (Wildman–Crippen LogP) is 5.04. The minimum Gasteiger partial charge on any atom is -0.488 e. The third-order valence-electron chi connectivity index (χ3n) is 3.88. The molecule has 7 heteroatoms. The van der Waals surface area contributed by atoms with Gasteiger partial charge < -0.3 is 10.1 Å². The van der Waals surface area contributed by atoms with E-state index in [2.05, 4.69) is 10.3 Å². The molecule has 3 aromatic rings. The number of amides is 1. The second kappa shape index (κ2) is 8.37. The molecule has 5 nitrogen and oxygen atoms in total. The molecule has 3 rings (SSSR count). The molecule has 0 aliphatic carbocycles. The number of Topliss-reactive ketones (excluding diaryl/α,β-unsaturated/α-hetero) is 1. The minimum atomic E-state index is -0.430. The van der Waals surface area contributed by atoms with Gasteiger partial charge in [0.15, 0.2) is 0 Å². The number of rotatable bonds is 6. The lowest BCUT2D eigenvalue weighted by molar-refractivity contribution is -0.124. The van der Waals surface area contributed by atoms with Crippen LogP contribution in [0, 0.1) is 0 Å². The van der Waals surface area contributed by atoms with Crippen LogP contribution in [-0.2, 0) is 16.2 Å². The molecule has 0 bridgehead atoms. The van der Waals surface area contributed by atoms with Crippen molar-refractivity contribution in [2.75, 3.05) is 5.32 Å². The van der Waals surface area contributed by atoms with Crippen molar-refractivity contribution < 1.29 is 14.3 Å². The Morgan fingerprint density at radius 1 is 1.15 bits per heavy atom. The van der Waals surface area contributed by atoms with Crippen LogP contribution < -0.4 is 10.1 Å². The van der Waals surface area contributed by atoms with Crippen LogP contribution in [0.5, 0.6) is 5.75 Å². The lowest BCUT2D eigenvalue weighted by Gasteiger charge is -2.14. The van der Waals surface area contributed by atoms with Crippen molar-refractivity contribution in [1.29, 1.82) is 0 Å². The molecule has 0 saturated heterocycles. The first-order chi connectivity index (χ1) is 13.0. The fourth-order valence-corrected chi connectivity index (χ4v) is 3.14. The molecule has 0 aliphatic heterocycles. The molecule has 1 heterocycles. The number of pyridine rings is 1. The average molecular weight is 403 g/mol. The summed E-state index contributed by atoms with van der Waals surface area (Å²) in [5.41, 5.74) is 0.929. The average Bonchev–Trinajstić information content (AvgIpc) is 2.63. The first kappa shape index (κ1) is 19.1. The molecule has 0 unspecified atom stereocenters. The molecule has 27 heavy (non-hydrogen) atoms. The lowest BCUT2D eigenvalue weighted by Crippen LogP contribution is -2.15. The van der Waals surface area contributed by atoms with Crippen molar-refractivity contribution in [3.63, 3.8) is 0 Å². The van der Waals surface area contributed by atoms with Crippen LogP contribution in [0.15, 0.2) is 48.8 Å². The van der Waals surface area contributed by atoms with Gasteiger partial charge in [-0.2, -0.15) is 0 Å². The van der Waals surface area contributed by atoms with Crippen molar-refractivity contribution in [3.05, 3.63) is 64.4 Å². The van der Waals surface area contributed by atoms with Gasteiger partial charge in [0.05, 0.1) is 17.1 Å². The van der Waals surface area contributed by atoms with Crippen LogP contribution in [0.2, 0.25) is 10.0 Å². The number of halogens is 2. The highest BCUT2D eigenvalue weighted by atomic mass is 35.5. The molecule has 0 aliphatic rings. The van der Waals surface area contributed by atoms with Gasteiger partial charge in [-0.1, -0.05) is 35.3 Å². The quantitative estimate of drug-likeness (QED) is 0.586. The second-order valence-corrected chi connectivity index (χ2v) is 6.74. The number of fused-ring (bicyclic) bond motifs is 1. The molecule has 0 saturated carbocycles. The second-order valence-electron chi connectivity index (χ2n) is 5.96. The first-order valence-corrected chi connectivity index (χ1v) is 8.93. The van der Waals surface area contributed by atoms with Crippen molar-refractivity contribution >= 4 is 51.4 Å². The van der Waals surface area contributed by atoms with E-state index in [9.17, 15) is 9.59 Å². The summed E-state index contributed by atoms with van der Waals surface area (Å²) in [5, 5.41) is 5.20. The number of nitrogens with zero attached hydrogens (tertiary/aromatic N) is 1. The lowest BCUT2D eigenvalue weighted by atomic mass is 10.1. The molecule has 0 spiro atoms. The van der Waals surface area contributed by atoms with Gasteiger partial charge in [0.2, 0.25) is 5.91 Å². The molecule has 2 aromatic carbocycles. The molecule has 1 amide bonds. The third-order valence-corrected chi connectivity index (χ3v) is 4.67. The largest absolute Gasteiger partial charge is 0.488 e. The van der Waals surface area contributed by atoms with Crippen LogP contribution >= 0.6 is 23.2 Å². The molecular weight excluding hydrogens is 387 g/mol. The van der Waals surface area contributed by atoms with Crippen molar-refractivity contribution in [1.82, 2.24) is 4.98 Å². The summed E-state index contributed by atoms with van der Waals surface area (Å²) in [6.07, 6.45) is 3.24. The zero-order chi connectivity index (χ0) is 19.4. The Balaban J connectivity index is 1.83. The number of carbonyl (C=O) groups excluding carboxylic acids is 2. The highest BCUT2D eigenvalue weighted by Gasteiger charge is 2.15. The van der Waals surface area contributed by atoms with E-state index in [0.717, 1.165) is 10.8 Å². The van der Waals surface area contributed by atoms with E-state index in [1.807, 2.05) is 24.3 Å². The summed E-state index contributed by atoms with van der Waals surface area (Å²) in [4.78, 5) is 27.0. The Labute approximate surface area is 166 Å². The van der Waals surface area contributed by atoms with Gasteiger partial charge in [0, 0.05) is 33.8 Å². The van der Waals surface area contributed by atoms with E-state index in [0.29, 0.717) is 22.0 Å². The fourth-order valence-electron chi connectivity index (χ4n) is 2.62.